The van der Waals surface area contributed by atoms with Crippen molar-refractivity contribution in [2.75, 3.05) is 36.8 Å². The van der Waals surface area contributed by atoms with Crippen LogP contribution < -0.4 is 10.6 Å². The Hall–Kier alpha value is -2.15. The van der Waals surface area contributed by atoms with E-state index in [2.05, 4.69) is 0 Å². The first-order valence-electron chi connectivity index (χ1n) is 7.01. The van der Waals surface area contributed by atoms with Gasteiger partial charge in [0.25, 0.3) is 5.69 Å². The summed E-state index contributed by atoms with van der Waals surface area (Å²) in [5, 5.41) is 10.9. The van der Waals surface area contributed by atoms with Crippen LogP contribution in [0.4, 0.5) is 17.1 Å². The number of hydrogen-bond acceptors (Lipinski definition) is 5. The molecule has 0 aromatic heterocycles. The lowest BCUT2D eigenvalue weighted by molar-refractivity contribution is -0.383. The lowest BCUT2D eigenvalue weighted by Crippen LogP contribution is -2.40. The molecule has 7 nitrogen and oxygen atoms in total. The molecule has 1 aromatic rings. The van der Waals surface area contributed by atoms with Gasteiger partial charge in [0, 0.05) is 12.6 Å². The molecule has 2 N–H and O–H groups in total. The molecule has 0 radical (unpaired) electrons. The predicted octanol–water partition coefficient (Wildman–Crippen LogP) is 1.87. The highest BCUT2D eigenvalue weighted by Gasteiger charge is 2.20. The molecule has 0 heterocycles. The molecule has 1 rings (SSSR count). The molecule has 0 saturated heterocycles. The zero-order chi connectivity index (χ0) is 16.0. The maximum absolute atomic E-state index is 12.4. The lowest BCUT2D eigenvalue weighted by Gasteiger charge is -2.25. The maximum atomic E-state index is 12.4. The van der Waals surface area contributed by atoms with Crippen LogP contribution in [0, 0.1) is 10.1 Å². The van der Waals surface area contributed by atoms with E-state index in [1.54, 1.807) is 6.07 Å². The Morgan fingerprint density at radius 3 is 2.33 bits per heavy atom. The molecule has 0 fully saturated rings. The van der Waals surface area contributed by atoms with E-state index in [9.17, 15) is 14.9 Å². The number of nitro benzene ring substituents is 1. The molecule has 0 spiro atoms. The molecule has 0 aliphatic rings. The zero-order valence-electron chi connectivity index (χ0n) is 12.7. The van der Waals surface area contributed by atoms with Crippen LogP contribution in [0.2, 0.25) is 0 Å². The SMILES string of the molecule is CCN(CC)CC(=O)N(CC)c1ccc(N)c([N+](=O)[O-])c1. The van der Waals surface area contributed by atoms with Crippen molar-refractivity contribution < 1.29 is 9.72 Å². The summed E-state index contributed by atoms with van der Waals surface area (Å²) in [4.78, 5) is 26.3. The predicted molar refractivity (Wildman–Crippen MR) is 83.3 cm³/mol. The summed E-state index contributed by atoms with van der Waals surface area (Å²) in [6.45, 7) is 8.11. The minimum Gasteiger partial charge on any atom is -0.393 e. The summed E-state index contributed by atoms with van der Waals surface area (Å²) in [5.41, 5.74) is 5.99. The van der Waals surface area contributed by atoms with E-state index >= 15 is 0 Å². The summed E-state index contributed by atoms with van der Waals surface area (Å²) in [6.07, 6.45) is 0. The van der Waals surface area contributed by atoms with Crippen molar-refractivity contribution in [3.05, 3.63) is 28.3 Å². The fourth-order valence-corrected chi connectivity index (χ4v) is 2.08. The molecule has 7 heteroatoms. The van der Waals surface area contributed by atoms with Crippen LogP contribution in [0.3, 0.4) is 0 Å². The van der Waals surface area contributed by atoms with Crippen molar-refractivity contribution in [3.63, 3.8) is 0 Å². The Morgan fingerprint density at radius 1 is 1.24 bits per heavy atom. The molecule has 1 amide bonds. The van der Waals surface area contributed by atoms with Crippen LogP contribution >= 0.6 is 0 Å². The number of benzene rings is 1. The van der Waals surface area contributed by atoms with Gasteiger partial charge in [0.05, 0.1) is 17.2 Å². The second-order valence-electron chi connectivity index (χ2n) is 4.60. The van der Waals surface area contributed by atoms with Gasteiger partial charge in [-0.2, -0.15) is 0 Å². The highest BCUT2D eigenvalue weighted by molar-refractivity contribution is 5.95. The van der Waals surface area contributed by atoms with Gasteiger partial charge in [-0.3, -0.25) is 19.8 Å². The average Bonchev–Trinajstić information content (AvgIpc) is 2.46. The molecule has 21 heavy (non-hydrogen) atoms. The zero-order valence-corrected chi connectivity index (χ0v) is 12.7. The van der Waals surface area contributed by atoms with Gasteiger partial charge in [0.2, 0.25) is 5.91 Å². The van der Waals surface area contributed by atoms with Gasteiger partial charge in [-0.05, 0) is 32.1 Å². The first-order valence-corrected chi connectivity index (χ1v) is 7.01. The van der Waals surface area contributed by atoms with Gasteiger partial charge >= 0.3 is 0 Å². The van der Waals surface area contributed by atoms with E-state index in [1.807, 2.05) is 25.7 Å². The molecule has 0 aliphatic carbocycles. The topological polar surface area (TPSA) is 92.7 Å². The number of amides is 1. The van der Waals surface area contributed by atoms with Crippen molar-refractivity contribution in [1.29, 1.82) is 0 Å². The number of rotatable bonds is 7. The van der Waals surface area contributed by atoms with Crippen LogP contribution in [-0.2, 0) is 4.79 Å². The fourth-order valence-electron chi connectivity index (χ4n) is 2.08. The number of carbonyl (C=O) groups excluding carboxylic acids is 1. The van der Waals surface area contributed by atoms with Crippen LogP contribution in [-0.4, -0.2) is 41.9 Å². The Labute approximate surface area is 124 Å². The molecule has 0 unspecified atom stereocenters. The summed E-state index contributed by atoms with van der Waals surface area (Å²) in [5.74, 6) is -0.0831. The van der Waals surface area contributed by atoms with Gasteiger partial charge in [0.15, 0.2) is 0 Å². The van der Waals surface area contributed by atoms with Crippen molar-refractivity contribution >= 4 is 23.0 Å². The second-order valence-corrected chi connectivity index (χ2v) is 4.60. The van der Waals surface area contributed by atoms with E-state index in [0.717, 1.165) is 13.1 Å². The number of nitrogens with two attached hydrogens (primary N) is 1. The minimum atomic E-state index is -0.540. The number of anilines is 2. The number of likely N-dealkylation sites (N-methyl/N-ethyl adjacent to an activating group) is 2. The van der Waals surface area contributed by atoms with Crippen molar-refractivity contribution in [3.8, 4) is 0 Å². The Morgan fingerprint density at radius 2 is 1.86 bits per heavy atom. The summed E-state index contributed by atoms with van der Waals surface area (Å²) in [7, 11) is 0. The Balaban J connectivity index is 3.02. The smallest absolute Gasteiger partial charge is 0.294 e. The first-order chi connectivity index (χ1) is 9.94. The molecule has 0 bridgehead atoms. The minimum absolute atomic E-state index is 0.0831. The molecule has 0 aliphatic heterocycles. The monoisotopic (exact) mass is 294 g/mol. The Bertz CT molecular complexity index is 515. The van der Waals surface area contributed by atoms with Crippen molar-refractivity contribution in [2.24, 2.45) is 0 Å². The summed E-state index contributed by atoms with van der Waals surface area (Å²) >= 11 is 0. The third-order valence-electron chi connectivity index (χ3n) is 3.39. The summed E-state index contributed by atoms with van der Waals surface area (Å²) < 4.78 is 0. The number of nitrogen functional groups attached to an aromatic ring is 1. The number of carbonyl (C=O) groups is 1. The quantitative estimate of drug-likeness (QED) is 0.471. The van der Waals surface area contributed by atoms with Crippen LogP contribution in [0.5, 0.6) is 0 Å². The number of nitro groups is 1. The van der Waals surface area contributed by atoms with E-state index in [1.165, 1.54) is 17.0 Å². The normalized spacial score (nSPS) is 10.7. The lowest BCUT2D eigenvalue weighted by atomic mass is 10.2. The van der Waals surface area contributed by atoms with E-state index < -0.39 is 4.92 Å². The van der Waals surface area contributed by atoms with Gasteiger partial charge in [-0.25, -0.2) is 0 Å². The highest BCUT2D eigenvalue weighted by Crippen LogP contribution is 2.27. The van der Waals surface area contributed by atoms with Gasteiger partial charge in [0.1, 0.15) is 5.69 Å². The average molecular weight is 294 g/mol. The third kappa shape index (κ3) is 4.16. The molecular weight excluding hydrogens is 272 g/mol. The molecular formula is C14H22N4O3. The molecule has 1 aromatic carbocycles. The third-order valence-corrected chi connectivity index (χ3v) is 3.39. The summed E-state index contributed by atoms with van der Waals surface area (Å²) in [6, 6.07) is 4.44. The van der Waals surface area contributed by atoms with Gasteiger partial charge in [-0.15, -0.1) is 0 Å². The van der Waals surface area contributed by atoms with E-state index in [4.69, 9.17) is 5.73 Å². The number of hydrogen-bond donors (Lipinski definition) is 1. The van der Waals surface area contributed by atoms with Gasteiger partial charge in [-0.1, -0.05) is 13.8 Å². The standard InChI is InChI=1S/C14H22N4O3/c1-4-16(5-2)10-14(19)17(6-3)11-7-8-12(15)13(9-11)18(20)21/h7-9H,4-6,10,15H2,1-3H3. The molecule has 0 saturated carbocycles. The highest BCUT2D eigenvalue weighted by atomic mass is 16.6. The van der Waals surface area contributed by atoms with Crippen molar-refractivity contribution in [2.45, 2.75) is 20.8 Å². The van der Waals surface area contributed by atoms with Crippen molar-refractivity contribution in [1.82, 2.24) is 4.90 Å². The fraction of sp³-hybridized carbons (Fsp3) is 0.500. The maximum Gasteiger partial charge on any atom is 0.294 e. The molecule has 116 valence electrons. The van der Waals surface area contributed by atoms with E-state index in [0.29, 0.717) is 18.8 Å². The van der Waals surface area contributed by atoms with Crippen LogP contribution in [0.1, 0.15) is 20.8 Å². The second kappa shape index (κ2) is 7.58. The Kier molecular flexibility index (Phi) is 6.10. The first kappa shape index (κ1) is 16.9. The van der Waals surface area contributed by atoms with E-state index in [-0.39, 0.29) is 17.3 Å². The van der Waals surface area contributed by atoms with Crippen LogP contribution in [0.15, 0.2) is 18.2 Å². The largest absolute Gasteiger partial charge is 0.393 e. The van der Waals surface area contributed by atoms with Crippen LogP contribution in [0.25, 0.3) is 0 Å². The molecule has 0 atom stereocenters. The number of nitrogens with zero attached hydrogens (tertiary/aromatic N) is 3. The van der Waals surface area contributed by atoms with Gasteiger partial charge < -0.3 is 10.6 Å².